The van der Waals surface area contributed by atoms with Crippen LogP contribution in [0.25, 0.3) is 0 Å². The van der Waals surface area contributed by atoms with E-state index >= 15 is 0 Å². The molecule has 0 saturated heterocycles. The maximum Gasteiger partial charge on any atom is 0.223 e. The Kier molecular flexibility index (Phi) is 10.8. The third kappa shape index (κ3) is 8.16. The monoisotopic (exact) mass is 534 g/mol. The number of rotatable bonds is 9. The molecule has 1 amide bonds. The molecular weight excluding hydrogens is 499 g/mol. The predicted molar refractivity (Wildman–Crippen MR) is 139 cm³/mol. The van der Waals surface area contributed by atoms with Gasteiger partial charge in [-0.25, -0.2) is 0 Å². The van der Waals surface area contributed by atoms with Gasteiger partial charge in [0.15, 0.2) is 5.96 Å². The normalized spacial score (nSPS) is 13.9. The first-order chi connectivity index (χ1) is 14.7. The summed E-state index contributed by atoms with van der Waals surface area (Å²) in [4.78, 5) is 19.1. The van der Waals surface area contributed by atoms with Crippen molar-refractivity contribution in [3.63, 3.8) is 0 Å². The zero-order valence-corrected chi connectivity index (χ0v) is 21.0. The molecule has 1 aliphatic heterocycles. The van der Waals surface area contributed by atoms with Gasteiger partial charge in [0.25, 0.3) is 0 Å². The number of benzene rings is 2. The van der Waals surface area contributed by atoms with Crippen molar-refractivity contribution in [1.29, 1.82) is 0 Å². The van der Waals surface area contributed by atoms with Crippen molar-refractivity contribution < 1.29 is 4.79 Å². The van der Waals surface area contributed by atoms with E-state index in [4.69, 9.17) is 0 Å². The SMILES string of the molecule is CCNC(=NCCCC(=O)N1Cc2ccccc2C1)NC(C)CCc1ccccc1.I. The number of guanidine groups is 1. The largest absolute Gasteiger partial charge is 0.357 e. The molecule has 0 fully saturated rings. The van der Waals surface area contributed by atoms with Crippen LogP contribution in [0.3, 0.4) is 0 Å². The summed E-state index contributed by atoms with van der Waals surface area (Å²) in [5.41, 5.74) is 3.90. The van der Waals surface area contributed by atoms with E-state index in [1.54, 1.807) is 0 Å². The lowest BCUT2D eigenvalue weighted by Gasteiger charge is -2.18. The average Bonchev–Trinajstić information content (AvgIpc) is 3.20. The fourth-order valence-electron chi connectivity index (χ4n) is 3.74. The lowest BCUT2D eigenvalue weighted by Crippen LogP contribution is -2.42. The molecule has 3 rings (SSSR count). The van der Waals surface area contributed by atoms with Gasteiger partial charge in [-0.05, 0) is 49.8 Å². The topological polar surface area (TPSA) is 56.7 Å². The van der Waals surface area contributed by atoms with Crippen molar-refractivity contribution in [2.24, 2.45) is 4.99 Å². The highest BCUT2D eigenvalue weighted by molar-refractivity contribution is 14.0. The summed E-state index contributed by atoms with van der Waals surface area (Å²) in [7, 11) is 0. The number of nitrogens with one attached hydrogen (secondary N) is 2. The molecular formula is C25H35IN4O. The Bertz CT molecular complexity index is 815. The Labute approximate surface area is 203 Å². The van der Waals surface area contributed by atoms with Crippen molar-refractivity contribution in [1.82, 2.24) is 15.5 Å². The van der Waals surface area contributed by atoms with Gasteiger partial charge in [0.1, 0.15) is 0 Å². The van der Waals surface area contributed by atoms with E-state index in [2.05, 4.69) is 71.9 Å². The molecule has 5 nitrogen and oxygen atoms in total. The number of aliphatic imine (C=N–C) groups is 1. The van der Waals surface area contributed by atoms with Gasteiger partial charge in [-0.2, -0.15) is 0 Å². The van der Waals surface area contributed by atoms with Gasteiger partial charge in [-0.3, -0.25) is 9.79 Å². The molecule has 168 valence electrons. The number of carbonyl (C=O) groups excluding carboxylic acids is 1. The summed E-state index contributed by atoms with van der Waals surface area (Å²) >= 11 is 0. The minimum Gasteiger partial charge on any atom is -0.357 e. The molecule has 2 aromatic rings. The second-order valence-electron chi connectivity index (χ2n) is 7.95. The van der Waals surface area contributed by atoms with Gasteiger partial charge >= 0.3 is 0 Å². The summed E-state index contributed by atoms with van der Waals surface area (Å²) in [5.74, 6) is 1.05. The molecule has 1 unspecified atom stereocenters. The Morgan fingerprint density at radius 1 is 1.06 bits per heavy atom. The third-order valence-electron chi connectivity index (χ3n) is 5.45. The molecule has 6 heteroatoms. The zero-order chi connectivity index (χ0) is 21.2. The number of hydrogen-bond acceptors (Lipinski definition) is 2. The number of fused-ring (bicyclic) bond motifs is 1. The van der Waals surface area contributed by atoms with Crippen LogP contribution >= 0.6 is 24.0 Å². The lowest BCUT2D eigenvalue weighted by atomic mass is 10.1. The van der Waals surface area contributed by atoms with Crippen LogP contribution in [0.1, 0.15) is 49.8 Å². The minimum atomic E-state index is 0. The second kappa shape index (κ2) is 13.3. The van der Waals surface area contributed by atoms with Crippen LogP contribution in [0.2, 0.25) is 0 Å². The zero-order valence-electron chi connectivity index (χ0n) is 18.6. The van der Waals surface area contributed by atoms with E-state index in [-0.39, 0.29) is 29.9 Å². The number of halogens is 1. The standard InChI is InChI=1S/C25H34N4O.HI/c1-3-26-25(28-20(2)15-16-21-10-5-4-6-11-21)27-17-9-14-24(30)29-18-22-12-7-8-13-23(22)19-29;/h4-8,10-13,20H,3,9,14-19H2,1-2H3,(H2,26,27,28);1H. The average molecular weight is 534 g/mol. The van der Waals surface area contributed by atoms with E-state index in [0.29, 0.717) is 19.0 Å². The van der Waals surface area contributed by atoms with Crippen LogP contribution in [0, 0.1) is 0 Å². The molecule has 0 bridgehead atoms. The smallest absolute Gasteiger partial charge is 0.223 e. The first kappa shape index (κ1) is 25.2. The van der Waals surface area contributed by atoms with Crippen molar-refractivity contribution >= 4 is 35.8 Å². The van der Waals surface area contributed by atoms with Gasteiger partial charge in [-0.15, -0.1) is 24.0 Å². The van der Waals surface area contributed by atoms with Crippen molar-refractivity contribution in [2.45, 2.75) is 58.7 Å². The number of nitrogens with zero attached hydrogens (tertiary/aromatic N) is 2. The Hall–Kier alpha value is -2.09. The number of amides is 1. The summed E-state index contributed by atoms with van der Waals surface area (Å²) in [5, 5.41) is 6.80. The van der Waals surface area contributed by atoms with Crippen LogP contribution < -0.4 is 10.6 Å². The van der Waals surface area contributed by atoms with Crippen molar-refractivity contribution in [2.75, 3.05) is 13.1 Å². The van der Waals surface area contributed by atoms with Crippen LogP contribution in [0.5, 0.6) is 0 Å². The molecule has 2 aromatic carbocycles. The molecule has 31 heavy (non-hydrogen) atoms. The molecule has 1 aliphatic rings. The first-order valence-corrected chi connectivity index (χ1v) is 11.1. The Morgan fingerprint density at radius 3 is 2.35 bits per heavy atom. The van der Waals surface area contributed by atoms with Crippen molar-refractivity contribution in [3.05, 3.63) is 71.3 Å². The fraction of sp³-hybridized carbons (Fsp3) is 0.440. The highest BCUT2D eigenvalue weighted by Gasteiger charge is 2.22. The summed E-state index contributed by atoms with van der Waals surface area (Å²) in [6.45, 7) is 7.20. The molecule has 0 radical (unpaired) electrons. The van der Waals surface area contributed by atoms with E-state index < -0.39 is 0 Å². The molecule has 1 heterocycles. The maximum absolute atomic E-state index is 12.5. The molecule has 2 N–H and O–H groups in total. The fourth-order valence-corrected chi connectivity index (χ4v) is 3.74. The van der Waals surface area contributed by atoms with E-state index in [0.717, 1.165) is 44.9 Å². The molecule has 0 aliphatic carbocycles. The van der Waals surface area contributed by atoms with Crippen LogP contribution in [0.4, 0.5) is 0 Å². The predicted octanol–water partition coefficient (Wildman–Crippen LogP) is 4.50. The lowest BCUT2D eigenvalue weighted by molar-refractivity contribution is -0.131. The molecule has 0 saturated carbocycles. The van der Waals surface area contributed by atoms with E-state index in [1.807, 2.05) is 17.0 Å². The second-order valence-corrected chi connectivity index (χ2v) is 7.95. The quantitative estimate of drug-likeness (QED) is 0.216. The highest BCUT2D eigenvalue weighted by atomic mass is 127. The van der Waals surface area contributed by atoms with Gasteiger partial charge < -0.3 is 15.5 Å². The van der Waals surface area contributed by atoms with Crippen molar-refractivity contribution in [3.8, 4) is 0 Å². The highest BCUT2D eigenvalue weighted by Crippen LogP contribution is 2.22. The maximum atomic E-state index is 12.5. The van der Waals surface area contributed by atoms with Crippen LogP contribution in [-0.4, -0.2) is 35.9 Å². The molecule has 0 aromatic heterocycles. The number of aryl methyl sites for hydroxylation is 1. The Balaban J connectivity index is 0.00000341. The van der Waals surface area contributed by atoms with Gasteiger partial charge in [-0.1, -0.05) is 54.6 Å². The number of hydrogen-bond donors (Lipinski definition) is 2. The Morgan fingerprint density at radius 2 is 1.71 bits per heavy atom. The van der Waals surface area contributed by atoms with Crippen LogP contribution in [-0.2, 0) is 24.3 Å². The van der Waals surface area contributed by atoms with Crippen LogP contribution in [0.15, 0.2) is 59.6 Å². The molecule has 1 atom stereocenters. The number of carbonyl (C=O) groups is 1. The summed E-state index contributed by atoms with van der Waals surface area (Å²) in [6, 6.07) is 19.2. The van der Waals surface area contributed by atoms with E-state index in [9.17, 15) is 4.79 Å². The summed E-state index contributed by atoms with van der Waals surface area (Å²) < 4.78 is 0. The summed E-state index contributed by atoms with van der Waals surface area (Å²) in [6.07, 6.45) is 3.39. The van der Waals surface area contributed by atoms with Gasteiger partial charge in [0.2, 0.25) is 5.91 Å². The van der Waals surface area contributed by atoms with Gasteiger partial charge in [0.05, 0.1) is 0 Å². The minimum absolute atomic E-state index is 0. The third-order valence-corrected chi connectivity index (χ3v) is 5.45. The van der Waals surface area contributed by atoms with Gasteiger partial charge in [0, 0.05) is 38.6 Å². The van der Waals surface area contributed by atoms with E-state index in [1.165, 1.54) is 16.7 Å². The first-order valence-electron chi connectivity index (χ1n) is 11.1. The molecule has 0 spiro atoms.